The molecule has 1 aliphatic heterocycles. The van der Waals surface area contributed by atoms with Crippen molar-refractivity contribution in [3.8, 4) is 0 Å². The Labute approximate surface area is 95.1 Å². The second-order valence-electron chi connectivity index (χ2n) is 4.40. The highest BCUT2D eigenvalue weighted by atomic mass is 16.1. The van der Waals surface area contributed by atoms with Gasteiger partial charge < -0.3 is 4.90 Å². The number of hydrogen-bond donors (Lipinski definition) is 1. The predicted octanol–water partition coefficient (Wildman–Crippen LogP) is 0.300. The number of aromatic amines is 1. The van der Waals surface area contributed by atoms with Crippen LogP contribution in [0.5, 0.6) is 0 Å². The molecule has 88 valence electrons. The minimum atomic E-state index is -0.149. The number of hydrogen-bond acceptors (Lipinski definition) is 4. The largest absolute Gasteiger partial charge is 0.353 e. The van der Waals surface area contributed by atoms with Crippen LogP contribution in [0.15, 0.2) is 16.9 Å². The molecule has 0 radical (unpaired) electrons. The molecule has 0 bridgehead atoms. The van der Waals surface area contributed by atoms with E-state index in [0.29, 0.717) is 6.04 Å². The van der Waals surface area contributed by atoms with Gasteiger partial charge in [-0.15, -0.1) is 0 Å². The van der Waals surface area contributed by atoms with Crippen LogP contribution in [0.3, 0.4) is 0 Å². The van der Waals surface area contributed by atoms with E-state index >= 15 is 0 Å². The maximum absolute atomic E-state index is 10.9. The zero-order chi connectivity index (χ0) is 11.5. The Bertz CT molecular complexity index is 373. The molecule has 1 aromatic heterocycles. The number of anilines is 1. The molecular weight excluding hydrogens is 204 g/mol. The van der Waals surface area contributed by atoms with E-state index in [4.69, 9.17) is 0 Å². The first-order chi connectivity index (χ1) is 7.66. The van der Waals surface area contributed by atoms with Gasteiger partial charge in [0.25, 0.3) is 5.56 Å². The lowest BCUT2D eigenvalue weighted by Crippen LogP contribution is -2.49. The third kappa shape index (κ3) is 2.41. The summed E-state index contributed by atoms with van der Waals surface area (Å²) in [6.07, 6.45) is 0. The first-order valence-electron chi connectivity index (χ1n) is 5.71. The van der Waals surface area contributed by atoms with Crippen LogP contribution in [0.2, 0.25) is 0 Å². The maximum atomic E-state index is 10.9. The maximum Gasteiger partial charge on any atom is 0.264 e. The van der Waals surface area contributed by atoms with Crippen LogP contribution in [0.25, 0.3) is 0 Å². The van der Waals surface area contributed by atoms with Crippen molar-refractivity contribution in [3.05, 3.63) is 22.5 Å². The molecule has 5 nitrogen and oxygen atoms in total. The van der Waals surface area contributed by atoms with Gasteiger partial charge in [-0.25, -0.2) is 5.10 Å². The summed E-state index contributed by atoms with van der Waals surface area (Å²) in [6, 6.07) is 3.91. The minimum absolute atomic E-state index is 0.149. The predicted molar refractivity (Wildman–Crippen MR) is 63.8 cm³/mol. The van der Waals surface area contributed by atoms with E-state index in [-0.39, 0.29) is 5.56 Å². The van der Waals surface area contributed by atoms with Gasteiger partial charge in [0.2, 0.25) is 0 Å². The van der Waals surface area contributed by atoms with Gasteiger partial charge >= 0.3 is 0 Å². The number of H-pyrrole nitrogens is 1. The first kappa shape index (κ1) is 11.1. The molecule has 2 heterocycles. The normalized spacial score (nSPS) is 18.1. The van der Waals surface area contributed by atoms with Gasteiger partial charge in [-0.2, -0.15) is 5.10 Å². The summed E-state index contributed by atoms with van der Waals surface area (Å²) in [5.74, 6) is 0.864. The monoisotopic (exact) mass is 222 g/mol. The van der Waals surface area contributed by atoms with E-state index in [9.17, 15) is 4.79 Å². The summed E-state index contributed by atoms with van der Waals surface area (Å²) in [4.78, 5) is 15.6. The van der Waals surface area contributed by atoms with Gasteiger partial charge in [-0.1, -0.05) is 0 Å². The zero-order valence-corrected chi connectivity index (χ0v) is 9.81. The van der Waals surface area contributed by atoms with Crippen molar-refractivity contribution in [2.24, 2.45) is 0 Å². The van der Waals surface area contributed by atoms with E-state index in [2.05, 4.69) is 33.8 Å². The van der Waals surface area contributed by atoms with Gasteiger partial charge in [-0.3, -0.25) is 9.69 Å². The lowest BCUT2D eigenvalue weighted by atomic mass is 10.2. The van der Waals surface area contributed by atoms with E-state index < -0.39 is 0 Å². The molecular formula is C11H18N4O. The second kappa shape index (κ2) is 4.65. The van der Waals surface area contributed by atoms with Crippen molar-refractivity contribution < 1.29 is 0 Å². The van der Waals surface area contributed by atoms with E-state index in [0.717, 1.165) is 32.0 Å². The smallest absolute Gasteiger partial charge is 0.264 e. The molecule has 1 fully saturated rings. The number of aromatic nitrogens is 2. The van der Waals surface area contributed by atoms with Gasteiger partial charge in [0.15, 0.2) is 0 Å². The van der Waals surface area contributed by atoms with Crippen molar-refractivity contribution in [1.29, 1.82) is 0 Å². The average molecular weight is 222 g/mol. The third-order valence-corrected chi connectivity index (χ3v) is 3.03. The lowest BCUT2D eigenvalue weighted by molar-refractivity contribution is 0.209. The molecule has 1 saturated heterocycles. The van der Waals surface area contributed by atoms with Crippen LogP contribution in [0.4, 0.5) is 5.82 Å². The molecule has 16 heavy (non-hydrogen) atoms. The van der Waals surface area contributed by atoms with Crippen LogP contribution in [0.1, 0.15) is 13.8 Å². The fraction of sp³-hybridized carbons (Fsp3) is 0.636. The van der Waals surface area contributed by atoms with Crippen molar-refractivity contribution in [2.45, 2.75) is 19.9 Å². The molecule has 1 aromatic rings. The fourth-order valence-corrected chi connectivity index (χ4v) is 1.98. The molecule has 2 rings (SSSR count). The zero-order valence-electron chi connectivity index (χ0n) is 9.81. The van der Waals surface area contributed by atoms with Gasteiger partial charge in [0, 0.05) is 38.3 Å². The Morgan fingerprint density at radius 1 is 1.25 bits per heavy atom. The molecule has 1 aliphatic rings. The second-order valence-corrected chi connectivity index (χ2v) is 4.40. The molecule has 0 spiro atoms. The van der Waals surface area contributed by atoms with Crippen LogP contribution < -0.4 is 10.5 Å². The topological polar surface area (TPSA) is 52.2 Å². The number of nitrogens with zero attached hydrogens (tertiary/aromatic N) is 3. The SMILES string of the molecule is CC(C)N1CCN(c2ccc(=O)[nH]n2)CC1. The molecule has 1 N–H and O–H groups in total. The number of piperazine rings is 1. The van der Waals surface area contributed by atoms with Crippen molar-refractivity contribution in [1.82, 2.24) is 15.1 Å². The Balaban J connectivity index is 1.99. The van der Waals surface area contributed by atoms with Crippen LogP contribution in [0, 0.1) is 0 Å². The van der Waals surface area contributed by atoms with E-state index in [1.165, 1.54) is 6.07 Å². The fourth-order valence-electron chi connectivity index (χ4n) is 1.98. The Kier molecular flexibility index (Phi) is 3.24. The third-order valence-electron chi connectivity index (χ3n) is 3.03. The van der Waals surface area contributed by atoms with Crippen LogP contribution in [-0.2, 0) is 0 Å². The summed E-state index contributed by atoms with van der Waals surface area (Å²) in [6.45, 7) is 8.48. The highest BCUT2D eigenvalue weighted by Gasteiger charge is 2.19. The lowest BCUT2D eigenvalue weighted by Gasteiger charge is -2.37. The molecule has 0 unspecified atom stereocenters. The first-order valence-corrected chi connectivity index (χ1v) is 5.71. The number of nitrogens with one attached hydrogen (secondary N) is 1. The van der Waals surface area contributed by atoms with Crippen molar-refractivity contribution in [3.63, 3.8) is 0 Å². The summed E-state index contributed by atoms with van der Waals surface area (Å²) >= 11 is 0. The quantitative estimate of drug-likeness (QED) is 0.782. The molecule has 0 atom stereocenters. The molecule has 0 aromatic carbocycles. The molecule has 0 aliphatic carbocycles. The van der Waals surface area contributed by atoms with E-state index in [1.807, 2.05) is 0 Å². The number of rotatable bonds is 2. The molecule has 5 heteroatoms. The Morgan fingerprint density at radius 3 is 2.44 bits per heavy atom. The van der Waals surface area contributed by atoms with Crippen LogP contribution in [-0.4, -0.2) is 47.3 Å². The summed E-state index contributed by atoms with van der Waals surface area (Å²) in [5, 5.41) is 6.51. The Morgan fingerprint density at radius 2 is 1.94 bits per heavy atom. The van der Waals surface area contributed by atoms with Gasteiger partial charge in [-0.05, 0) is 19.9 Å². The van der Waals surface area contributed by atoms with Gasteiger partial charge in [0.05, 0.1) is 0 Å². The Hall–Kier alpha value is -1.36. The molecule has 0 saturated carbocycles. The highest BCUT2D eigenvalue weighted by molar-refractivity contribution is 5.36. The summed E-state index contributed by atoms with van der Waals surface area (Å²) in [5.41, 5.74) is -0.149. The van der Waals surface area contributed by atoms with Crippen molar-refractivity contribution >= 4 is 5.82 Å². The summed E-state index contributed by atoms with van der Waals surface area (Å²) in [7, 11) is 0. The summed E-state index contributed by atoms with van der Waals surface area (Å²) < 4.78 is 0. The average Bonchev–Trinajstić information content (AvgIpc) is 2.30. The highest BCUT2D eigenvalue weighted by Crippen LogP contribution is 2.12. The minimum Gasteiger partial charge on any atom is -0.353 e. The molecule has 0 amide bonds. The van der Waals surface area contributed by atoms with Gasteiger partial charge in [0.1, 0.15) is 5.82 Å². The van der Waals surface area contributed by atoms with E-state index in [1.54, 1.807) is 6.07 Å². The van der Waals surface area contributed by atoms with Crippen LogP contribution >= 0.6 is 0 Å². The van der Waals surface area contributed by atoms with Crippen molar-refractivity contribution in [2.75, 3.05) is 31.1 Å². The standard InChI is InChI=1S/C11H18N4O/c1-9(2)14-5-7-15(8-6-14)10-3-4-11(16)13-12-10/h3-4,9H,5-8H2,1-2H3,(H,13,16).